The second-order valence-electron chi connectivity index (χ2n) is 5.05. The fraction of sp³-hybridized carbons (Fsp3) is 0.917. The van der Waals surface area contributed by atoms with Gasteiger partial charge in [0.25, 0.3) is 0 Å². The van der Waals surface area contributed by atoms with Crippen LogP contribution in [0.25, 0.3) is 0 Å². The molecule has 0 aromatic heterocycles. The van der Waals surface area contributed by atoms with Gasteiger partial charge in [-0.2, -0.15) is 0 Å². The van der Waals surface area contributed by atoms with E-state index < -0.39 is 10.8 Å². The zero-order valence-corrected chi connectivity index (χ0v) is 11.6. The molecule has 0 bridgehead atoms. The molecule has 0 saturated heterocycles. The second kappa shape index (κ2) is 6.50. The van der Waals surface area contributed by atoms with Gasteiger partial charge in [-0.25, -0.2) is 0 Å². The van der Waals surface area contributed by atoms with Gasteiger partial charge >= 0.3 is 0 Å². The van der Waals surface area contributed by atoms with Crippen molar-refractivity contribution >= 4 is 16.7 Å². The van der Waals surface area contributed by atoms with Crippen LogP contribution in [-0.2, 0) is 15.6 Å². The highest BCUT2D eigenvalue weighted by Crippen LogP contribution is 2.37. The number of carbonyl (C=O) groups excluding carboxylic acids is 1. The first-order valence-electron chi connectivity index (χ1n) is 6.32. The molecule has 0 spiro atoms. The highest BCUT2D eigenvalue weighted by atomic mass is 32.2. The van der Waals surface area contributed by atoms with Crippen molar-refractivity contribution < 1.29 is 9.00 Å². The Kier molecular flexibility index (Phi) is 5.59. The molecule has 0 aromatic rings. The summed E-state index contributed by atoms with van der Waals surface area (Å²) >= 11 is 0. The third kappa shape index (κ3) is 3.78. The van der Waals surface area contributed by atoms with E-state index in [-0.39, 0.29) is 16.6 Å². The fourth-order valence-electron chi connectivity index (χ4n) is 2.32. The fourth-order valence-corrected chi connectivity index (χ4v) is 2.77. The molecule has 1 saturated carbocycles. The maximum atomic E-state index is 12.1. The number of rotatable bonds is 6. The topological polar surface area (TPSA) is 72.2 Å². The molecule has 1 fully saturated rings. The van der Waals surface area contributed by atoms with E-state index in [1.807, 2.05) is 6.92 Å². The van der Waals surface area contributed by atoms with Gasteiger partial charge in [0.1, 0.15) is 0 Å². The standard InChI is InChI=1S/C12H24N2O2S/c1-10(17(2)16)5-8-14-11(15)12(9-13)6-3-4-7-12/h10H,3-9,13H2,1-2H3,(H,14,15). The third-order valence-corrected chi connectivity index (χ3v) is 5.21. The van der Waals surface area contributed by atoms with E-state index >= 15 is 0 Å². The van der Waals surface area contributed by atoms with Gasteiger partial charge in [-0.1, -0.05) is 19.8 Å². The van der Waals surface area contributed by atoms with E-state index in [0.717, 1.165) is 32.1 Å². The Hall–Kier alpha value is -0.420. The lowest BCUT2D eigenvalue weighted by atomic mass is 9.85. The monoisotopic (exact) mass is 260 g/mol. The van der Waals surface area contributed by atoms with Crippen LogP contribution in [0.4, 0.5) is 0 Å². The molecule has 0 aromatic carbocycles. The summed E-state index contributed by atoms with van der Waals surface area (Å²) < 4.78 is 11.2. The first-order chi connectivity index (χ1) is 8.02. The maximum absolute atomic E-state index is 12.1. The number of hydrogen-bond donors (Lipinski definition) is 2. The van der Waals surface area contributed by atoms with Gasteiger partial charge in [-0.05, 0) is 19.3 Å². The number of amides is 1. The van der Waals surface area contributed by atoms with Crippen molar-refractivity contribution in [3.05, 3.63) is 0 Å². The summed E-state index contributed by atoms with van der Waals surface area (Å²) in [5.74, 6) is 0.0894. The number of nitrogens with two attached hydrogens (primary N) is 1. The molecule has 100 valence electrons. The molecule has 17 heavy (non-hydrogen) atoms. The molecular weight excluding hydrogens is 236 g/mol. The Labute approximate surface area is 106 Å². The van der Waals surface area contributed by atoms with Crippen LogP contribution in [0.15, 0.2) is 0 Å². The van der Waals surface area contributed by atoms with Crippen LogP contribution in [0.1, 0.15) is 39.0 Å². The van der Waals surface area contributed by atoms with Gasteiger partial charge in [0.15, 0.2) is 0 Å². The van der Waals surface area contributed by atoms with Crippen LogP contribution in [0.5, 0.6) is 0 Å². The Morgan fingerprint density at radius 1 is 1.47 bits per heavy atom. The SMILES string of the molecule is CC(CCNC(=O)C1(CN)CCCC1)S(C)=O. The van der Waals surface area contributed by atoms with Crippen molar-refractivity contribution in [2.75, 3.05) is 19.3 Å². The molecular formula is C12H24N2O2S. The average Bonchev–Trinajstić information content (AvgIpc) is 2.78. The summed E-state index contributed by atoms with van der Waals surface area (Å²) in [5.41, 5.74) is 5.42. The Bertz CT molecular complexity index is 288. The highest BCUT2D eigenvalue weighted by molar-refractivity contribution is 7.84. The zero-order chi connectivity index (χ0) is 12.9. The van der Waals surface area contributed by atoms with Gasteiger partial charge < -0.3 is 11.1 Å². The van der Waals surface area contributed by atoms with Crippen molar-refractivity contribution in [1.29, 1.82) is 0 Å². The normalized spacial score (nSPS) is 22.1. The van der Waals surface area contributed by atoms with E-state index in [1.54, 1.807) is 6.26 Å². The summed E-state index contributed by atoms with van der Waals surface area (Å²) in [5, 5.41) is 3.08. The van der Waals surface area contributed by atoms with Gasteiger partial charge in [0.05, 0.1) is 5.41 Å². The van der Waals surface area contributed by atoms with Crippen LogP contribution in [0.2, 0.25) is 0 Å². The van der Waals surface area contributed by atoms with Gasteiger partial charge in [0.2, 0.25) is 5.91 Å². The van der Waals surface area contributed by atoms with Crippen LogP contribution in [0, 0.1) is 5.41 Å². The Morgan fingerprint density at radius 2 is 2.06 bits per heavy atom. The lowest BCUT2D eigenvalue weighted by Crippen LogP contribution is -2.44. The zero-order valence-electron chi connectivity index (χ0n) is 10.8. The van der Waals surface area contributed by atoms with Crippen molar-refractivity contribution in [1.82, 2.24) is 5.32 Å². The summed E-state index contributed by atoms with van der Waals surface area (Å²) in [7, 11) is -0.815. The molecule has 5 heteroatoms. The number of carbonyl (C=O) groups is 1. The quantitative estimate of drug-likeness (QED) is 0.741. The minimum absolute atomic E-state index is 0.0894. The van der Waals surface area contributed by atoms with Gasteiger partial charge in [-0.3, -0.25) is 9.00 Å². The van der Waals surface area contributed by atoms with Crippen molar-refractivity contribution in [3.63, 3.8) is 0 Å². The predicted octanol–water partition coefficient (Wildman–Crippen LogP) is 0.779. The maximum Gasteiger partial charge on any atom is 0.227 e. The second-order valence-corrected chi connectivity index (χ2v) is 6.85. The molecule has 3 N–H and O–H groups in total. The molecule has 2 unspecified atom stereocenters. The predicted molar refractivity (Wildman–Crippen MR) is 71.1 cm³/mol. The lowest BCUT2D eigenvalue weighted by Gasteiger charge is -2.26. The Balaban J connectivity index is 2.36. The number of hydrogen-bond acceptors (Lipinski definition) is 3. The molecule has 0 radical (unpaired) electrons. The first-order valence-corrected chi connectivity index (χ1v) is 7.94. The molecule has 1 amide bonds. The molecule has 2 atom stereocenters. The Morgan fingerprint density at radius 3 is 2.53 bits per heavy atom. The molecule has 0 heterocycles. The van der Waals surface area contributed by atoms with Gasteiger partial charge in [0, 0.05) is 35.4 Å². The first kappa shape index (κ1) is 14.6. The van der Waals surface area contributed by atoms with Crippen molar-refractivity contribution in [2.24, 2.45) is 11.1 Å². The average molecular weight is 260 g/mol. The highest BCUT2D eigenvalue weighted by Gasteiger charge is 2.39. The molecule has 4 nitrogen and oxygen atoms in total. The summed E-state index contributed by atoms with van der Waals surface area (Å²) in [6, 6.07) is 0. The minimum atomic E-state index is -0.815. The van der Waals surface area contributed by atoms with Crippen molar-refractivity contribution in [3.8, 4) is 0 Å². The molecule has 0 aliphatic heterocycles. The number of nitrogens with one attached hydrogen (secondary N) is 1. The smallest absolute Gasteiger partial charge is 0.227 e. The summed E-state index contributed by atoms with van der Waals surface area (Å²) in [6.45, 7) is 2.98. The largest absolute Gasteiger partial charge is 0.356 e. The van der Waals surface area contributed by atoms with Crippen LogP contribution < -0.4 is 11.1 Å². The van der Waals surface area contributed by atoms with Gasteiger partial charge in [-0.15, -0.1) is 0 Å². The van der Waals surface area contributed by atoms with E-state index in [1.165, 1.54) is 0 Å². The van der Waals surface area contributed by atoms with Crippen molar-refractivity contribution in [2.45, 2.75) is 44.3 Å². The molecule has 1 aliphatic rings. The molecule has 1 aliphatic carbocycles. The van der Waals surface area contributed by atoms with Crippen LogP contribution in [0.3, 0.4) is 0 Å². The summed E-state index contributed by atoms with van der Waals surface area (Å²) in [6.07, 6.45) is 6.47. The van der Waals surface area contributed by atoms with E-state index in [0.29, 0.717) is 13.1 Å². The van der Waals surface area contributed by atoms with E-state index in [9.17, 15) is 9.00 Å². The van der Waals surface area contributed by atoms with Crippen LogP contribution in [-0.4, -0.2) is 34.7 Å². The van der Waals surface area contributed by atoms with E-state index in [2.05, 4.69) is 5.32 Å². The minimum Gasteiger partial charge on any atom is -0.356 e. The van der Waals surface area contributed by atoms with E-state index in [4.69, 9.17) is 5.73 Å². The lowest BCUT2D eigenvalue weighted by molar-refractivity contribution is -0.130. The van der Waals surface area contributed by atoms with Crippen LogP contribution >= 0.6 is 0 Å². The third-order valence-electron chi connectivity index (χ3n) is 3.84. The molecule has 1 rings (SSSR count). The summed E-state index contributed by atoms with van der Waals surface area (Å²) in [4.78, 5) is 12.1.